The van der Waals surface area contributed by atoms with Crippen molar-refractivity contribution in [1.82, 2.24) is 19.9 Å². The molecule has 0 saturated carbocycles. The molecule has 0 amide bonds. The van der Waals surface area contributed by atoms with Crippen LogP contribution in [0.25, 0.3) is 0 Å². The van der Waals surface area contributed by atoms with Crippen LogP contribution in [0.1, 0.15) is 30.7 Å². The molecule has 1 atom stereocenters. The Morgan fingerprint density at radius 1 is 1.33 bits per heavy atom. The first kappa shape index (κ1) is 24.8. The van der Waals surface area contributed by atoms with Crippen LogP contribution in [-0.4, -0.2) is 69.0 Å². The van der Waals surface area contributed by atoms with Gasteiger partial charge in [0.2, 0.25) is 5.88 Å². The molecule has 2 aromatic rings. The molecule has 33 heavy (non-hydrogen) atoms. The molecule has 2 fully saturated rings. The van der Waals surface area contributed by atoms with Crippen LogP contribution in [0.2, 0.25) is 0 Å². The fourth-order valence-electron chi connectivity index (χ4n) is 4.04. The van der Waals surface area contributed by atoms with Crippen LogP contribution in [0.5, 0.6) is 5.88 Å². The van der Waals surface area contributed by atoms with E-state index in [1.54, 1.807) is 12.4 Å². The number of alkyl halides is 3. The second-order valence-corrected chi connectivity index (χ2v) is 8.30. The van der Waals surface area contributed by atoms with E-state index in [2.05, 4.69) is 25.9 Å². The van der Waals surface area contributed by atoms with Crippen molar-refractivity contribution in [2.24, 2.45) is 5.92 Å². The van der Waals surface area contributed by atoms with Gasteiger partial charge in [0.1, 0.15) is 0 Å². The van der Waals surface area contributed by atoms with Crippen LogP contribution in [0.15, 0.2) is 36.8 Å². The number of hydrogen-bond acceptors (Lipinski definition) is 7. The van der Waals surface area contributed by atoms with E-state index < -0.39 is 12.1 Å². The summed E-state index contributed by atoms with van der Waals surface area (Å²) in [6.07, 6.45) is 3.47. The van der Waals surface area contributed by atoms with Crippen molar-refractivity contribution in [3.05, 3.63) is 48.2 Å². The molecule has 0 aromatic carbocycles. The van der Waals surface area contributed by atoms with Crippen LogP contribution in [0.4, 0.5) is 13.2 Å². The lowest BCUT2D eigenvalue weighted by Crippen LogP contribution is -2.64. The number of aliphatic carboxylic acids is 1. The first-order valence-corrected chi connectivity index (χ1v) is 10.6. The zero-order chi connectivity index (χ0) is 23.9. The number of carboxylic acid groups (broad SMARTS) is 1. The Balaban J connectivity index is 0.000000383. The number of halogens is 3. The number of carbonyl (C=O) groups is 1. The quantitative estimate of drug-likeness (QED) is 0.690. The summed E-state index contributed by atoms with van der Waals surface area (Å²) < 4.78 is 43.7. The second kappa shape index (κ2) is 10.9. The molecule has 0 aliphatic carbocycles. The third-order valence-electron chi connectivity index (χ3n) is 5.48. The third-order valence-corrected chi connectivity index (χ3v) is 5.48. The van der Waals surface area contributed by atoms with E-state index in [0.717, 1.165) is 56.9 Å². The molecule has 2 aromatic heterocycles. The summed E-state index contributed by atoms with van der Waals surface area (Å²) in [5, 5.41) is 7.12. The predicted molar refractivity (Wildman–Crippen MR) is 111 cm³/mol. The van der Waals surface area contributed by atoms with Crippen molar-refractivity contribution >= 4 is 5.97 Å². The Morgan fingerprint density at radius 3 is 2.73 bits per heavy atom. The van der Waals surface area contributed by atoms with Crippen molar-refractivity contribution in [2.45, 2.75) is 44.5 Å². The normalized spacial score (nSPS) is 19.8. The molecule has 180 valence electrons. The summed E-state index contributed by atoms with van der Waals surface area (Å²) in [5.74, 6) is -1.48. The molecule has 8 nitrogen and oxygen atoms in total. The summed E-state index contributed by atoms with van der Waals surface area (Å²) in [5.41, 5.74) is 2.05. The van der Waals surface area contributed by atoms with Crippen LogP contribution < -0.4 is 4.74 Å². The van der Waals surface area contributed by atoms with Gasteiger partial charge < -0.3 is 14.6 Å². The van der Waals surface area contributed by atoms with Crippen molar-refractivity contribution in [3.8, 4) is 5.88 Å². The molecule has 2 aliphatic heterocycles. The van der Waals surface area contributed by atoms with E-state index in [9.17, 15) is 13.2 Å². The lowest BCUT2D eigenvalue weighted by atomic mass is 9.79. The maximum atomic E-state index is 10.6. The van der Waals surface area contributed by atoms with E-state index in [1.165, 1.54) is 0 Å². The monoisotopic (exact) mass is 468 g/mol. The van der Waals surface area contributed by atoms with Crippen LogP contribution in [0, 0.1) is 12.8 Å². The highest BCUT2D eigenvalue weighted by molar-refractivity contribution is 5.73. The predicted octanol–water partition coefficient (Wildman–Crippen LogP) is 3.26. The van der Waals surface area contributed by atoms with Crippen LogP contribution in [0.3, 0.4) is 0 Å². The van der Waals surface area contributed by atoms with Gasteiger partial charge in [-0.05, 0) is 44.2 Å². The lowest BCUT2D eigenvalue weighted by molar-refractivity contribution is -0.192. The van der Waals surface area contributed by atoms with E-state index in [4.69, 9.17) is 19.4 Å². The molecular formula is C22H27F3N4O4. The first-order valence-electron chi connectivity index (χ1n) is 10.6. The fourth-order valence-corrected chi connectivity index (χ4v) is 4.04. The molecule has 4 heterocycles. The highest BCUT2D eigenvalue weighted by atomic mass is 19.4. The van der Waals surface area contributed by atoms with Crippen molar-refractivity contribution in [2.75, 3.05) is 26.3 Å². The Bertz CT molecular complexity index is 908. The van der Waals surface area contributed by atoms with E-state index in [-0.39, 0.29) is 5.60 Å². The van der Waals surface area contributed by atoms with Gasteiger partial charge in [-0.3, -0.25) is 14.9 Å². The number of rotatable bonds is 6. The minimum absolute atomic E-state index is 0.0425. The van der Waals surface area contributed by atoms with Gasteiger partial charge >= 0.3 is 12.1 Å². The highest BCUT2D eigenvalue weighted by Crippen LogP contribution is 2.38. The van der Waals surface area contributed by atoms with Gasteiger partial charge in [-0.25, -0.2) is 9.78 Å². The Labute approximate surface area is 189 Å². The maximum Gasteiger partial charge on any atom is 0.490 e. The summed E-state index contributed by atoms with van der Waals surface area (Å²) in [7, 11) is 0. The highest BCUT2D eigenvalue weighted by Gasteiger charge is 2.47. The summed E-state index contributed by atoms with van der Waals surface area (Å²) >= 11 is 0. The summed E-state index contributed by atoms with van der Waals surface area (Å²) in [6, 6.07) is 6.09. The number of pyridine rings is 1. The van der Waals surface area contributed by atoms with Crippen LogP contribution >= 0.6 is 0 Å². The SMILES string of the molecule is Cc1cncc(OCCC2CCOC3(C2)CN(Cc2ccccn2)C3)n1.O=C(O)C(F)(F)F. The molecule has 0 bridgehead atoms. The fraction of sp³-hybridized carbons (Fsp3) is 0.545. The van der Waals surface area contributed by atoms with Crippen molar-refractivity contribution < 1.29 is 32.5 Å². The lowest BCUT2D eigenvalue weighted by Gasteiger charge is -2.53. The van der Waals surface area contributed by atoms with Crippen LogP contribution in [-0.2, 0) is 16.1 Å². The topological polar surface area (TPSA) is 97.7 Å². The summed E-state index contributed by atoms with van der Waals surface area (Å²) in [6.45, 7) is 6.39. The van der Waals surface area contributed by atoms with Crippen molar-refractivity contribution in [3.63, 3.8) is 0 Å². The first-order chi connectivity index (χ1) is 15.7. The second-order valence-electron chi connectivity index (χ2n) is 8.30. The number of ether oxygens (including phenoxy) is 2. The molecule has 1 spiro atoms. The minimum Gasteiger partial charge on any atom is -0.477 e. The number of aryl methyl sites for hydroxylation is 1. The molecule has 11 heteroatoms. The largest absolute Gasteiger partial charge is 0.490 e. The minimum atomic E-state index is -5.08. The Hall–Kier alpha value is -2.79. The molecule has 2 saturated heterocycles. The number of likely N-dealkylation sites (tertiary alicyclic amines) is 1. The summed E-state index contributed by atoms with van der Waals surface area (Å²) in [4.78, 5) is 24.2. The van der Waals surface area contributed by atoms with E-state index in [1.807, 2.05) is 25.3 Å². The molecule has 0 radical (unpaired) electrons. The maximum absolute atomic E-state index is 10.6. The Kier molecular flexibility index (Phi) is 8.20. The van der Waals surface area contributed by atoms with Gasteiger partial charge in [0.25, 0.3) is 0 Å². The van der Waals surface area contributed by atoms with Gasteiger partial charge in [0, 0.05) is 38.6 Å². The molecular weight excluding hydrogens is 441 g/mol. The number of nitrogens with zero attached hydrogens (tertiary/aromatic N) is 4. The Morgan fingerprint density at radius 2 is 2.09 bits per heavy atom. The standard InChI is InChI=1S/C20H26N4O2.C2HF3O2/c1-16-11-21-12-19(23-16)25-8-5-17-6-9-26-20(10-17)14-24(15-20)13-18-4-2-3-7-22-18;3-2(4,5)1(6)7/h2-4,7,11-12,17H,5-6,8-10,13-15H2,1H3;(H,6,7). The number of hydrogen-bond donors (Lipinski definition) is 1. The van der Waals surface area contributed by atoms with Gasteiger partial charge in [-0.1, -0.05) is 6.07 Å². The van der Waals surface area contributed by atoms with Gasteiger partial charge in [0.15, 0.2) is 0 Å². The number of aromatic nitrogens is 3. The number of carboxylic acids is 1. The third kappa shape index (κ3) is 7.64. The average Bonchev–Trinajstić information content (AvgIpc) is 2.74. The van der Waals surface area contributed by atoms with Gasteiger partial charge in [-0.2, -0.15) is 13.2 Å². The zero-order valence-electron chi connectivity index (χ0n) is 18.3. The molecule has 1 N–H and O–H groups in total. The van der Waals surface area contributed by atoms with E-state index >= 15 is 0 Å². The average molecular weight is 468 g/mol. The molecule has 1 unspecified atom stereocenters. The van der Waals surface area contributed by atoms with E-state index in [0.29, 0.717) is 18.4 Å². The van der Waals surface area contributed by atoms with Gasteiger partial charge in [0.05, 0.1) is 29.8 Å². The smallest absolute Gasteiger partial charge is 0.477 e. The molecule has 2 aliphatic rings. The van der Waals surface area contributed by atoms with Gasteiger partial charge in [-0.15, -0.1) is 0 Å². The van der Waals surface area contributed by atoms with Crippen molar-refractivity contribution in [1.29, 1.82) is 0 Å². The molecule has 4 rings (SSSR count). The zero-order valence-corrected chi connectivity index (χ0v) is 18.3.